The highest BCUT2D eigenvalue weighted by molar-refractivity contribution is 5.92. The van der Waals surface area contributed by atoms with Crippen molar-refractivity contribution in [1.82, 2.24) is 29.5 Å². The van der Waals surface area contributed by atoms with Crippen LogP contribution in [0.3, 0.4) is 0 Å². The van der Waals surface area contributed by atoms with Crippen LogP contribution in [0.2, 0.25) is 0 Å². The number of benzene rings is 3. The molecule has 9 nitrogen and oxygen atoms in total. The van der Waals surface area contributed by atoms with Crippen molar-refractivity contribution < 1.29 is 4.74 Å². The number of anilines is 2. The first-order chi connectivity index (χ1) is 17.2. The lowest BCUT2D eigenvalue weighted by molar-refractivity contribution is 0.415. The van der Waals surface area contributed by atoms with E-state index in [1.54, 1.807) is 13.4 Å². The molecule has 0 aliphatic rings. The second-order valence-electron chi connectivity index (χ2n) is 7.89. The highest BCUT2D eigenvalue weighted by atomic mass is 16.5. The van der Waals surface area contributed by atoms with Crippen molar-refractivity contribution in [2.24, 2.45) is 0 Å². The van der Waals surface area contributed by atoms with Gasteiger partial charge in [0.1, 0.15) is 12.1 Å². The smallest absolute Gasteiger partial charge is 0.345 e. The summed E-state index contributed by atoms with van der Waals surface area (Å²) < 4.78 is 7.03. The van der Waals surface area contributed by atoms with Crippen LogP contribution in [0.5, 0.6) is 5.75 Å². The number of rotatable bonds is 5. The zero-order valence-electron chi connectivity index (χ0n) is 18.6. The van der Waals surface area contributed by atoms with Crippen molar-refractivity contribution in [1.29, 1.82) is 0 Å². The molecular formula is C26H19N7O2. The number of methoxy groups -OCH3 is 1. The highest BCUT2D eigenvalue weighted by Crippen LogP contribution is 2.26. The maximum absolute atomic E-state index is 12.3. The third-order valence-electron chi connectivity index (χ3n) is 5.73. The van der Waals surface area contributed by atoms with Crippen LogP contribution in [-0.2, 0) is 0 Å². The van der Waals surface area contributed by atoms with E-state index in [0.717, 1.165) is 39.1 Å². The van der Waals surface area contributed by atoms with Crippen molar-refractivity contribution in [2.75, 3.05) is 12.4 Å². The van der Waals surface area contributed by atoms with Crippen molar-refractivity contribution in [3.05, 3.63) is 95.7 Å². The van der Waals surface area contributed by atoms with Gasteiger partial charge in [0.25, 0.3) is 0 Å². The van der Waals surface area contributed by atoms with Gasteiger partial charge in [-0.3, -0.25) is 4.40 Å². The summed E-state index contributed by atoms with van der Waals surface area (Å²) in [6.07, 6.45) is 1.63. The summed E-state index contributed by atoms with van der Waals surface area (Å²) in [4.78, 5) is 23.9. The molecule has 6 aromatic rings. The third-order valence-corrected chi connectivity index (χ3v) is 5.73. The van der Waals surface area contributed by atoms with Crippen molar-refractivity contribution in [3.8, 4) is 28.3 Å². The summed E-state index contributed by atoms with van der Waals surface area (Å²) in [6.45, 7) is 0. The number of hydrogen-bond donors (Lipinski definition) is 2. The molecule has 0 unspecified atom stereocenters. The molecule has 0 aliphatic heterocycles. The summed E-state index contributed by atoms with van der Waals surface area (Å²) in [5.41, 5.74) is 4.92. The first kappa shape index (κ1) is 20.5. The first-order valence-electron chi connectivity index (χ1n) is 10.9. The van der Waals surface area contributed by atoms with Gasteiger partial charge in [-0.15, -0.1) is 10.2 Å². The lowest BCUT2D eigenvalue weighted by Gasteiger charge is -2.10. The van der Waals surface area contributed by atoms with Crippen molar-refractivity contribution in [2.45, 2.75) is 0 Å². The lowest BCUT2D eigenvalue weighted by Crippen LogP contribution is -2.12. The van der Waals surface area contributed by atoms with E-state index in [0.29, 0.717) is 17.3 Å². The zero-order valence-corrected chi connectivity index (χ0v) is 18.6. The van der Waals surface area contributed by atoms with Crippen LogP contribution in [0.15, 0.2) is 90.0 Å². The summed E-state index contributed by atoms with van der Waals surface area (Å²) in [5, 5.41) is 12.6. The van der Waals surface area contributed by atoms with Crippen LogP contribution in [0.25, 0.3) is 39.1 Å². The molecule has 0 aliphatic carbocycles. The number of nitrogens with one attached hydrogen (secondary N) is 2. The summed E-state index contributed by atoms with van der Waals surface area (Å²) in [6, 6.07) is 24.8. The van der Waals surface area contributed by atoms with Crippen LogP contribution < -0.4 is 15.7 Å². The molecule has 0 saturated carbocycles. The van der Waals surface area contributed by atoms with Crippen LogP contribution in [0.1, 0.15) is 0 Å². The molecule has 0 radical (unpaired) electrons. The molecule has 35 heavy (non-hydrogen) atoms. The fraction of sp³-hybridized carbons (Fsp3) is 0.0385. The predicted molar refractivity (Wildman–Crippen MR) is 134 cm³/mol. The molecule has 6 rings (SSSR count). The van der Waals surface area contributed by atoms with E-state index in [-0.39, 0.29) is 0 Å². The van der Waals surface area contributed by atoms with E-state index in [1.807, 2.05) is 83.3 Å². The quantitative estimate of drug-likeness (QED) is 0.390. The summed E-state index contributed by atoms with van der Waals surface area (Å²) >= 11 is 0. The number of aromatic amines is 1. The maximum Gasteiger partial charge on any atom is 0.345 e. The SMILES string of the molecule is COc1ccc(-c2cc(-c3ccc(Nc4nc5ccccc5c5nncn45)cc3)[nH]c(=O)n2)cc1. The molecule has 3 aromatic carbocycles. The van der Waals surface area contributed by atoms with Crippen LogP contribution in [-0.4, -0.2) is 36.7 Å². The largest absolute Gasteiger partial charge is 0.497 e. The maximum atomic E-state index is 12.3. The van der Waals surface area contributed by atoms with E-state index >= 15 is 0 Å². The number of fused-ring (bicyclic) bond motifs is 3. The molecule has 3 heterocycles. The van der Waals surface area contributed by atoms with E-state index in [4.69, 9.17) is 9.72 Å². The Hall–Kier alpha value is -5.05. The fourth-order valence-corrected chi connectivity index (χ4v) is 3.98. The molecule has 3 aromatic heterocycles. The topological polar surface area (TPSA) is 110 Å². The lowest BCUT2D eigenvalue weighted by atomic mass is 10.1. The number of nitrogens with zero attached hydrogens (tertiary/aromatic N) is 5. The fourth-order valence-electron chi connectivity index (χ4n) is 3.98. The Morgan fingerprint density at radius 2 is 1.69 bits per heavy atom. The van der Waals surface area contributed by atoms with Gasteiger partial charge < -0.3 is 15.0 Å². The molecule has 0 saturated heterocycles. The number of aromatic nitrogens is 6. The Bertz CT molecular complexity index is 1720. The Morgan fingerprint density at radius 3 is 2.49 bits per heavy atom. The van der Waals surface area contributed by atoms with Gasteiger partial charge in [0.2, 0.25) is 5.95 Å². The minimum Gasteiger partial charge on any atom is -0.497 e. The average molecular weight is 461 g/mol. The van der Waals surface area contributed by atoms with Crippen molar-refractivity contribution in [3.63, 3.8) is 0 Å². The van der Waals surface area contributed by atoms with Gasteiger partial charge in [-0.05, 0) is 60.2 Å². The molecular weight excluding hydrogens is 442 g/mol. The van der Waals surface area contributed by atoms with Crippen LogP contribution >= 0.6 is 0 Å². The summed E-state index contributed by atoms with van der Waals surface area (Å²) in [7, 11) is 1.61. The molecule has 0 bridgehead atoms. The molecule has 0 fully saturated rings. The van der Waals surface area contributed by atoms with Gasteiger partial charge in [0.05, 0.1) is 24.0 Å². The van der Waals surface area contributed by atoms with Crippen LogP contribution in [0.4, 0.5) is 11.6 Å². The zero-order chi connectivity index (χ0) is 23.8. The monoisotopic (exact) mass is 461 g/mol. The second-order valence-corrected chi connectivity index (χ2v) is 7.89. The molecule has 170 valence electrons. The molecule has 0 atom stereocenters. The standard InChI is InChI=1S/C26H19N7O2/c1-35-19-12-8-17(9-13-19)23-14-22(30-26(34)31-23)16-6-10-18(11-7-16)28-25-29-21-5-3-2-4-20(21)24-32-27-15-33(24)25/h2-15H,1H3,(H,28,29)(H,30,31,34). The Labute approximate surface area is 199 Å². The Morgan fingerprint density at radius 1 is 0.914 bits per heavy atom. The number of ether oxygens (including phenoxy) is 1. The minimum atomic E-state index is -0.411. The Kier molecular flexibility index (Phi) is 4.92. The third kappa shape index (κ3) is 3.84. The predicted octanol–water partition coefficient (Wildman–Crippen LogP) is 4.45. The van der Waals surface area contributed by atoms with Gasteiger partial charge in [-0.2, -0.15) is 4.98 Å². The van der Waals surface area contributed by atoms with Gasteiger partial charge in [-0.25, -0.2) is 9.78 Å². The van der Waals surface area contributed by atoms with Gasteiger partial charge in [0, 0.05) is 16.6 Å². The molecule has 0 spiro atoms. The average Bonchev–Trinajstić information content (AvgIpc) is 3.40. The van der Waals surface area contributed by atoms with E-state index in [2.05, 4.69) is 25.5 Å². The first-order valence-corrected chi connectivity index (χ1v) is 10.9. The van der Waals surface area contributed by atoms with Gasteiger partial charge in [0.15, 0.2) is 5.65 Å². The van der Waals surface area contributed by atoms with Gasteiger partial charge in [-0.1, -0.05) is 24.3 Å². The number of para-hydroxylation sites is 1. The Balaban J connectivity index is 1.32. The van der Waals surface area contributed by atoms with E-state index in [9.17, 15) is 4.79 Å². The molecule has 9 heteroatoms. The minimum absolute atomic E-state index is 0.411. The second kappa shape index (κ2) is 8.38. The molecule has 0 amide bonds. The van der Waals surface area contributed by atoms with Crippen LogP contribution in [0, 0.1) is 0 Å². The van der Waals surface area contributed by atoms with Crippen molar-refractivity contribution >= 4 is 28.2 Å². The van der Waals surface area contributed by atoms with Gasteiger partial charge >= 0.3 is 5.69 Å². The van der Waals surface area contributed by atoms with E-state index in [1.165, 1.54) is 0 Å². The van der Waals surface area contributed by atoms with E-state index < -0.39 is 5.69 Å². The number of H-pyrrole nitrogens is 1. The molecule has 2 N–H and O–H groups in total. The summed E-state index contributed by atoms with van der Waals surface area (Å²) in [5.74, 6) is 1.35. The normalized spacial score (nSPS) is 11.1. The number of hydrogen-bond acceptors (Lipinski definition) is 7. The highest BCUT2D eigenvalue weighted by Gasteiger charge is 2.11.